The Morgan fingerprint density at radius 1 is 1.03 bits per heavy atom. The third-order valence-corrected chi connectivity index (χ3v) is 5.99. The van der Waals surface area contributed by atoms with Crippen LogP contribution in [-0.4, -0.2) is 24.7 Å². The molecule has 0 radical (unpaired) electrons. The van der Waals surface area contributed by atoms with Gasteiger partial charge in [-0.05, 0) is 66.2 Å². The first-order chi connectivity index (χ1) is 14.5. The number of rotatable bonds is 5. The molecular weight excluding hydrogens is 403 g/mol. The van der Waals surface area contributed by atoms with Crippen molar-refractivity contribution in [1.82, 2.24) is 0 Å². The molecule has 30 heavy (non-hydrogen) atoms. The molecule has 152 valence electrons. The molecule has 1 N–H and O–H groups in total. The van der Waals surface area contributed by atoms with Crippen LogP contribution in [0.5, 0.6) is 5.75 Å². The van der Waals surface area contributed by atoms with E-state index in [2.05, 4.69) is 5.32 Å². The number of amides is 2. The summed E-state index contributed by atoms with van der Waals surface area (Å²) in [5.74, 6) is 0.480. The van der Waals surface area contributed by atoms with Crippen LogP contribution < -0.4 is 15.0 Å². The second-order valence-corrected chi connectivity index (χ2v) is 7.78. The molecule has 5 nitrogen and oxygen atoms in total. The van der Waals surface area contributed by atoms with Crippen molar-refractivity contribution in [3.8, 4) is 5.75 Å². The van der Waals surface area contributed by atoms with Crippen molar-refractivity contribution in [2.45, 2.75) is 5.37 Å². The Labute approximate surface area is 177 Å². The summed E-state index contributed by atoms with van der Waals surface area (Å²) in [6, 6.07) is 20.2. The van der Waals surface area contributed by atoms with Crippen molar-refractivity contribution in [3.63, 3.8) is 0 Å². The topological polar surface area (TPSA) is 58.6 Å². The number of benzene rings is 3. The summed E-state index contributed by atoms with van der Waals surface area (Å²) in [5, 5.41) is 2.65. The zero-order valence-corrected chi connectivity index (χ0v) is 17.0. The molecular formula is C23H19FN2O3S. The summed E-state index contributed by atoms with van der Waals surface area (Å²) >= 11 is 1.56. The van der Waals surface area contributed by atoms with Crippen molar-refractivity contribution in [2.24, 2.45) is 0 Å². The lowest BCUT2D eigenvalue weighted by Crippen LogP contribution is -2.27. The minimum absolute atomic E-state index is 0.0452. The normalized spacial score (nSPS) is 15.9. The molecule has 1 atom stereocenters. The van der Waals surface area contributed by atoms with E-state index >= 15 is 0 Å². The molecule has 1 unspecified atom stereocenters. The molecule has 3 aromatic rings. The van der Waals surface area contributed by atoms with Gasteiger partial charge in [0.2, 0.25) is 5.91 Å². The lowest BCUT2D eigenvalue weighted by Gasteiger charge is -2.24. The number of hydrogen-bond donors (Lipinski definition) is 1. The fourth-order valence-electron chi connectivity index (χ4n) is 3.23. The van der Waals surface area contributed by atoms with Gasteiger partial charge in [-0.15, -0.1) is 11.8 Å². The van der Waals surface area contributed by atoms with Crippen LogP contribution >= 0.6 is 11.8 Å². The van der Waals surface area contributed by atoms with E-state index in [9.17, 15) is 14.0 Å². The Morgan fingerprint density at radius 2 is 1.70 bits per heavy atom. The van der Waals surface area contributed by atoms with E-state index in [0.717, 1.165) is 17.0 Å². The Hall–Kier alpha value is -3.32. The van der Waals surface area contributed by atoms with Crippen LogP contribution in [-0.2, 0) is 4.79 Å². The molecule has 1 saturated heterocycles. The first-order valence-electron chi connectivity index (χ1n) is 9.30. The average Bonchev–Trinajstić information content (AvgIpc) is 3.16. The Morgan fingerprint density at radius 3 is 2.33 bits per heavy atom. The van der Waals surface area contributed by atoms with Gasteiger partial charge in [-0.25, -0.2) is 4.39 Å². The standard InChI is InChI=1S/C23H19FN2O3S/c1-29-20-12-10-19(11-13-20)26-21(27)14-30-23(26)16-4-8-18(9-5-16)25-22(28)15-2-6-17(24)7-3-15/h2-13,23H,14H2,1H3,(H,25,28). The lowest BCUT2D eigenvalue weighted by molar-refractivity contribution is -0.115. The Balaban J connectivity index is 1.50. The van der Waals surface area contributed by atoms with Crippen molar-refractivity contribution in [1.29, 1.82) is 0 Å². The monoisotopic (exact) mass is 422 g/mol. The highest BCUT2D eigenvalue weighted by Gasteiger charge is 2.34. The van der Waals surface area contributed by atoms with E-state index in [1.807, 2.05) is 36.4 Å². The summed E-state index contributed by atoms with van der Waals surface area (Å²) in [5.41, 5.74) is 2.77. The minimum atomic E-state index is -0.388. The number of nitrogens with zero attached hydrogens (tertiary/aromatic N) is 1. The van der Waals surface area contributed by atoms with E-state index in [4.69, 9.17) is 4.74 Å². The fourth-order valence-corrected chi connectivity index (χ4v) is 4.41. The van der Waals surface area contributed by atoms with Gasteiger partial charge >= 0.3 is 0 Å². The van der Waals surface area contributed by atoms with Gasteiger partial charge < -0.3 is 10.1 Å². The largest absolute Gasteiger partial charge is 0.497 e. The number of anilines is 2. The van der Waals surface area contributed by atoms with Crippen LogP contribution in [0.25, 0.3) is 0 Å². The number of nitrogens with one attached hydrogen (secondary N) is 1. The molecule has 7 heteroatoms. The smallest absolute Gasteiger partial charge is 0.255 e. The molecule has 0 saturated carbocycles. The third-order valence-electron chi connectivity index (χ3n) is 4.78. The number of thioether (sulfide) groups is 1. The number of ether oxygens (including phenoxy) is 1. The first-order valence-corrected chi connectivity index (χ1v) is 10.3. The minimum Gasteiger partial charge on any atom is -0.497 e. The number of carbonyl (C=O) groups excluding carboxylic acids is 2. The Kier molecular flexibility index (Phi) is 5.72. The first kappa shape index (κ1) is 20.0. The van der Waals surface area contributed by atoms with Gasteiger partial charge in [0.1, 0.15) is 16.9 Å². The number of hydrogen-bond acceptors (Lipinski definition) is 4. The predicted octanol–water partition coefficient (Wildman–Crippen LogP) is 4.87. The lowest BCUT2D eigenvalue weighted by atomic mass is 10.1. The van der Waals surface area contributed by atoms with Crippen LogP contribution in [0.3, 0.4) is 0 Å². The van der Waals surface area contributed by atoms with E-state index in [-0.39, 0.29) is 23.0 Å². The molecule has 0 aromatic heterocycles. The molecule has 1 heterocycles. The van der Waals surface area contributed by atoms with Gasteiger partial charge in [0.05, 0.1) is 12.9 Å². The number of halogens is 1. The van der Waals surface area contributed by atoms with Crippen LogP contribution in [0, 0.1) is 5.82 Å². The van der Waals surface area contributed by atoms with E-state index < -0.39 is 0 Å². The van der Waals surface area contributed by atoms with Gasteiger partial charge in [-0.1, -0.05) is 12.1 Å². The second-order valence-electron chi connectivity index (χ2n) is 6.71. The van der Waals surface area contributed by atoms with E-state index in [1.165, 1.54) is 24.3 Å². The highest BCUT2D eigenvalue weighted by Crippen LogP contribution is 2.42. The van der Waals surface area contributed by atoms with Gasteiger partial charge in [0, 0.05) is 16.9 Å². The molecule has 1 aliphatic heterocycles. The Bertz CT molecular complexity index is 1050. The summed E-state index contributed by atoms with van der Waals surface area (Å²) in [4.78, 5) is 26.6. The quantitative estimate of drug-likeness (QED) is 0.638. The third kappa shape index (κ3) is 4.16. The molecule has 4 rings (SSSR count). The maximum absolute atomic E-state index is 13.0. The summed E-state index contributed by atoms with van der Waals surface area (Å²) in [6.45, 7) is 0. The predicted molar refractivity (Wildman–Crippen MR) is 116 cm³/mol. The van der Waals surface area contributed by atoms with E-state index in [0.29, 0.717) is 17.0 Å². The van der Waals surface area contributed by atoms with Crippen molar-refractivity contribution in [3.05, 3.63) is 89.7 Å². The fraction of sp³-hybridized carbons (Fsp3) is 0.130. The zero-order chi connectivity index (χ0) is 21.1. The van der Waals surface area contributed by atoms with Crippen LogP contribution in [0.1, 0.15) is 21.3 Å². The SMILES string of the molecule is COc1ccc(N2C(=O)CSC2c2ccc(NC(=O)c3ccc(F)cc3)cc2)cc1. The van der Waals surface area contributed by atoms with Crippen molar-refractivity contribution in [2.75, 3.05) is 23.1 Å². The molecule has 1 fully saturated rings. The van der Waals surface area contributed by atoms with Gasteiger partial charge in [-0.3, -0.25) is 14.5 Å². The summed E-state index contributed by atoms with van der Waals surface area (Å²) in [7, 11) is 1.60. The van der Waals surface area contributed by atoms with Crippen LogP contribution in [0.15, 0.2) is 72.8 Å². The molecule has 3 aromatic carbocycles. The molecule has 0 bridgehead atoms. The highest BCUT2D eigenvalue weighted by atomic mass is 32.2. The van der Waals surface area contributed by atoms with Crippen LogP contribution in [0.4, 0.5) is 15.8 Å². The second kappa shape index (κ2) is 8.59. The highest BCUT2D eigenvalue weighted by molar-refractivity contribution is 8.00. The van der Waals surface area contributed by atoms with Crippen LogP contribution in [0.2, 0.25) is 0 Å². The number of methoxy groups -OCH3 is 1. The van der Waals surface area contributed by atoms with Crippen molar-refractivity contribution < 1.29 is 18.7 Å². The molecule has 0 aliphatic carbocycles. The maximum atomic E-state index is 13.0. The molecule has 1 aliphatic rings. The average molecular weight is 422 g/mol. The van der Waals surface area contributed by atoms with Gasteiger partial charge in [0.25, 0.3) is 5.91 Å². The maximum Gasteiger partial charge on any atom is 0.255 e. The van der Waals surface area contributed by atoms with Gasteiger partial charge in [-0.2, -0.15) is 0 Å². The zero-order valence-electron chi connectivity index (χ0n) is 16.2. The number of carbonyl (C=O) groups is 2. The van der Waals surface area contributed by atoms with E-state index in [1.54, 1.807) is 35.9 Å². The molecule has 0 spiro atoms. The summed E-state index contributed by atoms with van der Waals surface area (Å²) < 4.78 is 18.2. The van der Waals surface area contributed by atoms with Gasteiger partial charge in [0.15, 0.2) is 0 Å². The molecule has 2 amide bonds. The van der Waals surface area contributed by atoms with Crippen molar-refractivity contribution >= 4 is 35.0 Å². The summed E-state index contributed by atoms with van der Waals surface area (Å²) in [6.07, 6.45) is 0.